The van der Waals surface area contributed by atoms with Crippen molar-refractivity contribution in [2.75, 3.05) is 5.75 Å². The standard InChI is InChI=1S/C12H19N3O2S/c1-4-18-12-14-6-9(7-15-12)5-13-10(8(2)3)11(16)17/h6-8,10,13H,4-5H2,1-3H3,(H,16,17)/t10-/m1/s1. The molecule has 1 aromatic rings. The van der Waals surface area contributed by atoms with Crippen molar-refractivity contribution in [3.63, 3.8) is 0 Å². The Hall–Kier alpha value is -1.14. The Morgan fingerprint density at radius 2 is 2.06 bits per heavy atom. The molecule has 0 fully saturated rings. The van der Waals surface area contributed by atoms with E-state index in [2.05, 4.69) is 15.3 Å². The third-order valence-corrected chi connectivity index (χ3v) is 3.17. The normalized spacial score (nSPS) is 12.7. The summed E-state index contributed by atoms with van der Waals surface area (Å²) in [5.41, 5.74) is 0.891. The van der Waals surface area contributed by atoms with Crippen LogP contribution >= 0.6 is 11.8 Å². The van der Waals surface area contributed by atoms with E-state index in [0.29, 0.717) is 6.54 Å². The highest BCUT2D eigenvalue weighted by molar-refractivity contribution is 7.99. The van der Waals surface area contributed by atoms with Crippen molar-refractivity contribution in [3.05, 3.63) is 18.0 Å². The fourth-order valence-corrected chi connectivity index (χ4v) is 1.99. The Kier molecular flexibility index (Phi) is 6.07. The molecule has 0 aromatic carbocycles. The zero-order valence-corrected chi connectivity index (χ0v) is 11.7. The lowest BCUT2D eigenvalue weighted by Gasteiger charge is -2.17. The van der Waals surface area contributed by atoms with Crippen LogP contribution in [0.5, 0.6) is 0 Å². The summed E-state index contributed by atoms with van der Waals surface area (Å²) in [4.78, 5) is 19.4. The third-order valence-electron chi connectivity index (χ3n) is 2.41. The lowest BCUT2D eigenvalue weighted by molar-refractivity contribution is -0.140. The van der Waals surface area contributed by atoms with Crippen LogP contribution in [0.4, 0.5) is 0 Å². The van der Waals surface area contributed by atoms with E-state index in [1.807, 2.05) is 20.8 Å². The molecule has 1 heterocycles. The van der Waals surface area contributed by atoms with Crippen molar-refractivity contribution in [1.29, 1.82) is 0 Å². The van der Waals surface area contributed by atoms with E-state index in [9.17, 15) is 4.79 Å². The second kappa shape index (κ2) is 7.33. The molecule has 0 saturated heterocycles. The number of rotatable bonds is 7. The van der Waals surface area contributed by atoms with Crippen molar-refractivity contribution in [3.8, 4) is 0 Å². The fraction of sp³-hybridized carbons (Fsp3) is 0.583. The van der Waals surface area contributed by atoms with Crippen LogP contribution in [-0.2, 0) is 11.3 Å². The first-order chi connectivity index (χ1) is 8.54. The Bertz CT molecular complexity index is 381. The Morgan fingerprint density at radius 1 is 1.44 bits per heavy atom. The van der Waals surface area contributed by atoms with Crippen LogP contribution in [0, 0.1) is 5.92 Å². The zero-order valence-electron chi connectivity index (χ0n) is 10.9. The molecule has 0 aliphatic heterocycles. The molecule has 0 saturated carbocycles. The molecule has 0 unspecified atom stereocenters. The quantitative estimate of drug-likeness (QED) is 0.580. The fourth-order valence-electron chi connectivity index (χ4n) is 1.47. The SMILES string of the molecule is CCSc1ncc(CN[C@@H](C(=O)O)C(C)C)cn1. The van der Waals surface area contributed by atoms with Gasteiger partial charge in [-0.3, -0.25) is 10.1 Å². The van der Waals surface area contributed by atoms with Crippen molar-refractivity contribution in [1.82, 2.24) is 15.3 Å². The van der Waals surface area contributed by atoms with Gasteiger partial charge < -0.3 is 5.11 Å². The van der Waals surface area contributed by atoms with Gasteiger partial charge in [-0.05, 0) is 11.7 Å². The number of carboxylic acid groups (broad SMARTS) is 1. The molecule has 5 nitrogen and oxygen atoms in total. The van der Waals surface area contributed by atoms with Crippen LogP contribution in [0.15, 0.2) is 17.6 Å². The molecular formula is C12H19N3O2S. The zero-order chi connectivity index (χ0) is 13.5. The smallest absolute Gasteiger partial charge is 0.320 e. The van der Waals surface area contributed by atoms with E-state index in [4.69, 9.17) is 5.11 Å². The highest BCUT2D eigenvalue weighted by Crippen LogP contribution is 2.11. The van der Waals surface area contributed by atoms with Gasteiger partial charge in [0.1, 0.15) is 6.04 Å². The maximum Gasteiger partial charge on any atom is 0.320 e. The topological polar surface area (TPSA) is 75.1 Å². The van der Waals surface area contributed by atoms with E-state index < -0.39 is 12.0 Å². The average Bonchev–Trinajstić information content (AvgIpc) is 2.31. The van der Waals surface area contributed by atoms with Gasteiger partial charge in [0.05, 0.1) is 0 Å². The Balaban J connectivity index is 2.54. The molecule has 1 atom stereocenters. The van der Waals surface area contributed by atoms with Crippen LogP contribution in [-0.4, -0.2) is 32.8 Å². The largest absolute Gasteiger partial charge is 0.480 e. The van der Waals surface area contributed by atoms with E-state index in [1.54, 1.807) is 24.2 Å². The highest BCUT2D eigenvalue weighted by Gasteiger charge is 2.20. The molecule has 0 radical (unpaired) electrons. The number of thioether (sulfide) groups is 1. The molecule has 18 heavy (non-hydrogen) atoms. The summed E-state index contributed by atoms with van der Waals surface area (Å²) in [6, 6.07) is -0.547. The summed E-state index contributed by atoms with van der Waals surface area (Å²) in [5.74, 6) is 0.147. The lowest BCUT2D eigenvalue weighted by atomic mass is 10.0. The lowest BCUT2D eigenvalue weighted by Crippen LogP contribution is -2.40. The minimum absolute atomic E-state index is 0.0401. The highest BCUT2D eigenvalue weighted by atomic mass is 32.2. The van der Waals surface area contributed by atoms with Crippen LogP contribution in [0.1, 0.15) is 26.3 Å². The van der Waals surface area contributed by atoms with Crippen molar-refractivity contribution in [2.45, 2.75) is 38.5 Å². The molecule has 0 aliphatic rings. The maximum absolute atomic E-state index is 11.0. The summed E-state index contributed by atoms with van der Waals surface area (Å²) >= 11 is 1.58. The number of carbonyl (C=O) groups is 1. The first kappa shape index (κ1) is 14.9. The third kappa shape index (κ3) is 4.62. The molecule has 2 N–H and O–H groups in total. The van der Waals surface area contributed by atoms with Crippen molar-refractivity contribution < 1.29 is 9.90 Å². The summed E-state index contributed by atoms with van der Waals surface area (Å²) in [5, 5.41) is 12.8. The van der Waals surface area contributed by atoms with Crippen LogP contribution in [0.3, 0.4) is 0 Å². The average molecular weight is 269 g/mol. The predicted octanol–water partition coefficient (Wildman–Crippen LogP) is 1.79. The summed E-state index contributed by atoms with van der Waals surface area (Å²) in [6.45, 7) is 6.27. The van der Waals surface area contributed by atoms with Gasteiger partial charge in [-0.2, -0.15) is 0 Å². The van der Waals surface area contributed by atoms with Gasteiger partial charge in [-0.15, -0.1) is 0 Å². The van der Waals surface area contributed by atoms with E-state index in [-0.39, 0.29) is 5.92 Å². The number of hydrogen-bond donors (Lipinski definition) is 2. The van der Waals surface area contributed by atoms with Gasteiger partial charge in [0.2, 0.25) is 0 Å². The van der Waals surface area contributed by atoms with Gasteiger partial charge in [0.25, 0.3) is 0 Å². The first-order valence-corrected chi connectivity index (χ1v) is 6.93. The Morgan fingerprint density at radius 3 is 2.50 bits per heavy atom. The maximum atomic E-state index is 11.0. The molecule has 1 rings (SSSR count). The molecule has 6 heteroatoms. The number of hydrogen-bond acceptors (Lipinski definition) is 5. The molecule has 100 valence electrons. The monoisotopic (exact) mass is 269 g/mol. The summed E-state index contributed by atoms with van der Waals surface area (Å²) < 4.78 is 0. The number of nitrogens with zero attached hydrogens (tertiary/aromatic N) is 2. The molecule has 0 amide bonds. The summed E-state index contributed by atoms with van der Waals surface area (Å²) in [7, 11) is 0. The van der Waals surface area contributed by atoms with Gasteiger partial charge in [-0.1, -0.05) is 32.5 Å². The van der Waals surface area contributed by atoms with Gasteiger partial charge in [0, 0.05) is 24.5 Å². The Labute approximate surface area is 111 Å². The van der Waals surface area contributed by atoms with Crippen molar-refractivity contribution >= 4 is 17.7 Å². The van der Waals surface area contributed by atoms with Gasteiger partial charge >= 0.3 is 5.97 Å². The van der Waals surface area contributed by atoms with Crippen molar-refractivity contribution in [2.24, 2.45) is 5.92 Å². The number of aromatic nitrogens is 2. The number of carboxylic acids is 1. The second-order valence-corrected chi connectivity index (χ2v) is 5.48. The second-order valence-electron chi connectivity index (χ2n) is 4.25. The minimum Gasteiger partial charge on any atom is -0.480 e. The first-order valence-electron chi connectivity index (χ1n) is 5.94. The van der Waals surface area contributed by atoms with E-state index in [1.165, 1.54) is 0 Å². The molecule has 0 spiro atoms. The minimum atomic E-state index is -0.830. The van der Waals surface area contributed by atoms with E-state index >= 15 is 0 Å². The molecule has 1 aromatic heterocycles. The predicted molar refractivity (Wildman–Crippen MR) is 71.5 cm³/mol. The summed E-state index contributed by atoms with van der Waals surface area (Å²) in [6.07, 6.45) is 3.47. The molecule has 0 aliphatic carbocycles. The number of aliphatic carboxylic acids is 1. The number of nitrogens with one attached hydrogen (secondary N) is 1. The van der Waals surface area contributed by atoms with E-state index in [0.717, 1.165) is 16.5 Å². The molecule has 0 bridgehead atoms. The van der Waals surface area contributed by atoms with Crippen LogP contribution in [0.25, 0.3) is 0 Å². The van der Waals surface area contributed by atoms with Crippen LogP contribution < -0.4 is 5.32 Å². The van der Waals surface area contributed by atoms with Gasteiger partial charge in [-0.25, -0.2) is 9.97 Å². The van der Waals surface area contributed by atoms with Crippen LogP contribution in [0.2, 0.25) is 0 Å². The molecular weight excluding hydrogens is 250 g/mol. The van der Waals surface area contributed by atoms with Gasteiger partial charge in [0.15, 0.2) is 5.16 Å².